The van der Waals surface area contributed by atoms with Gasteiger partial charge in [0.1, 0.15) is 5.56 Å². The lowest BCUT2D eigenvalue weighted by Crippen LogP contribution is -2.23. The van der Waals surface area contributed by atoms with Gasteiger partial charge in [-0.25, -0.2) is 0 Å². The maximum Gasteiger partial charge on any atom is 0.260 e. The van der Waals surface area contributed by atoms with E-state index in [0.717, 1.165) is 0 Å². The Kier molecular flexibility index (Phi) is 2.57. The minimum absolute atomic E-state index is 0.155. The van der Waals surface area contributed by atoms with E-state index in [1.165, 1.54) is 24.4 Å². The number of aromatic hydroxyl groups is 1. The van der Waals surface area contributed by atoms with Crippen molar-refractivity contribution in [3.05, 3.63) is 40.3 Å². The summed E-state index contributed by atoms with van der Waals surface area (Å²) in [6, 6.07) is 4.17. The molecule has 0 aliphatic heterocycles. The first kappa shape index (κ1) is 10.8. The first-order chi connectivity index (χ1) is 8.08. The van der Waals surface area contributed by atoms with Gasteiger partial charge in [0.2, 0.25) is 5.88 Å². The lowest BCUT2D eigenvalue weighted by molar-refractivity contribution is 0.0999. The largest absolute Gasteiger partial charge is 0.492 e. The van der Waals surface area contributed by atoms with Crippen LogP contribution in [0.15, 0.2) is 29.2 Å². The number of carbonyl (C=O) groups excluding carboxylic acids is 1. The second kappa shape index (κ2) is 4.05. The Bertz CT molecular complexity index is 618. The van der Waals surface area contributed by atoms with Gasteiger partial charge >= 0.3 is 0 Å². The number of nitrogens with two attached hydrogens (primary N) is 1. The van der Waals surface area contributed by atoms with Gasteiger partial charge in [0.15, 0.2) is 0 Å². The molecule has 0 aliphatic rings. The van der Waals surface area contributed by atoms with Crippen LogP contribution in [0.4, 0.5) is 0 Å². The molecule has 2 aromatic heterocycles. The van der Waals surface area contributed by atoms with Gasteiger partial charge in [-0.05, 0) is 12.1 Å². The maximum atomic E-state index is 11.3. The fourth-order valence-corrected chi connectivity index (χ4v) is 1.29. The molecule has 0 atom stereocenters. The standard InChI is InChI=1S/C10H8N4O3/c11-9(16)6-3-5(4-12-10(6)17)7-1-2-8(15)14-13-7/h1-4H,(H2,11,16)(H,12,17)(H,14,15). The van der Waals surface area contributed by atoms with Gasteiger partial charge in [-0.3, -0.25) is 9.59 Å². The van der Waals surface area contributed by atoms with Crippen LogP contribution in [0.3, 0.4) is 0 Å². The number of hydrogen-bond acceptors (Lipinski definition) is 5. The van der Waals surface area contributed by atoms with E-state index < -0.39 is 11.5 Å². The van der Waals surface area contributed by atoms with Gasteiger partial charge in [0.25, 0.3) is 11.5 Å². The van der Waals surface area contributed by atoms with Crippen molar-refractivity contribution in [2.45, 2.75) is 0 Å². The summed E-state index contributed by atoms with van der Waals surface area (Å²) in [5, 5.41) is 16.1. The quantitative estimate of drug-likeness (QED) is 0.652. The normalized spacial score (nSPS) is 10.1. The van der Waals surface area contributed by atoms with Crippen molar-refractivity contribution in [1.82, 2.24) is 15.2 Å². The molecule has 2 rings (SSSR count). The molecule has 0 bridgehead atoms. The highest BCUT2D eigenvalue weighted by molar-refractivity contribution is 5.93. The molecule has 1 amide bonds. The first-order valence-corrected chi connectivity index (χ1v) is 4.63. The van der Waals surface area contributed by atoms with E-state index in [0.29, 0.717) is 11.3 Å². The Hall–Kier alpha value is -2.70. The van der Waals surface area contributed by atoms with E-state index in [2.05, 4.69) is 15.2 Å². The van der Waals surface area contributed by atoms with E-state index in [4.69, 9.17) is 10.8 Å². The zero-order valence-electron chi connectivity index (χ0n) is 8.54. The summed E-state index contributed by atoms with van der Waals surface area (Å²) in [6.45, 7) is 0. The van der Waals surface area contributed by atoms with Crippen molar-refractivity contribution >= 4 is 5.91 Å². The zero-order chi connectivity index (χ0) is 12.4. The van der Waals surface area contributed by atoms with Crippen molar-refractivity contribution in [3.8, 4) is 17.1 Å². The molecular formula is C10H8N4O3. The Morgan fingerprint density at radius 3 is 2.71 bits per heavy atom. The summed E-state index contributed by atoms with van der Waals surface area (Å²) >= 11 is 0. The molecule has 0 fully saturated rings. The van der Waals surface area contributed by atoms with Gasteiger partial charge in [-0.15, -0.1) is 10.2 Å². The number of carbonyl (C=O) groups is 1. The number of H-pyrrole nitrogens is 1. The minimum Gasteiger partial charge on any atom is -0.492 e. The fraction of sp³-hybridized carbons (Fsp3) is 0. The van der Waals surface area contributed by atoms with Gasteiger partial charge in [0.05, 0.1) is 5.69 Å². The Labute approximate surface area is 94.9 Å². The van der Waals surface area contributed by atoms with Gasteiger partial charge in [-0.1, -0.05) is 0 Å². The molecule has 0 saturated carbocycles. The lowest BCUT2D eigenvalue weighted by atomic mass is 10.1. The van der Waals surface area contributed by atoms with Crippen LogP contribution in [0.25, 0.3) is 11.3 Å². The number of primary amides is 1. The van der Waals surface area contributed by atoms with E-state index >= 15 is 0 Å². The summed E-state index contributed by atoms with van der Waals surface area (Å²) in [4.78, 5) is 24.6. The van der Waals surface area contributed by atoms with Crippen LogP contribution in [-0.4, -0.2) is 26.2 Å². The summed E-state index contributed by atoms with van der Waals surface area (Å²) in [5.74, 6) is -1.03. The highest BCUT2D eigenvalue weighted by atomic mass is 16.3. The summed E-state index contributed by atoms with van der Waals surface area (Å²) in [7, 11) is 0. The van der Waals surface area contributed by atoms with Crippen molar-refractivity contribution in [2.24, 2.45) is 5.73 Å². The van der Waals surface area contributed by atoms with Gasteiger partial charge in [0, 0.05) is 17.8 Å². The van der Waals surface area contributed by atoms with Crippen molar-refractivity contribution in [2.75, 3.05) is 0 Å². The Morgan fingerprint density at radius 2 is 2.12 bits per heavy atom. The molecule has 7 heteroatoms. The van der Waals surface area contributed by atoms with Crippen molar-refractivity contribution in [3.63, 3.8) is 0 Å². The van der Waals surface area contributed by atoms with Crippen LogP contribution in [0, 0.1) is 0 Å². The van der Waals surface area contributed by atoms with E-state index in [1.807, 2.05) is 0 Å². The van der Waals surface area contributed by atoms with Crippen LogP contribution in [-0.2, 0) is 0 Å². The predicted molar refractivity (Wildman–Crippen MR) is 58.3 cm³/mol. The maximum absolute atomic E-state index is 11.3. The molecule has 4 N–H and O–H groups in total. The number of rotatable bonds is 2. The highest BCUT2D eigenvalue weighted by Crippen LogP contribution is 2.15. The van der Waals surface area contributed by atoms with Crippen molar-refractivity contribution in [1.29, 1.82) is 0 Å². The number of aromatic amines is 1. The topological polar surface area (TPSA) is 122 Å². The number of amides is 1. The average Bonchev–Trinajstić information content (AvgIpc) is 2.30. The predicted octanol–water partition coefficient (Wildman–Crippen LogP) is -0.364. The average molecular weight is 232 g/mol. The molecule has 2 aromatic rings. The first-order valence-electron chi connectivity index (χ1n) is 4.63. The van der Waals surface area contributed by atoms with Gasteiger partial charge < -0.3 is 15.8 Å². The molecule has 0 radical (unpaired) electrons. The van der Waals surface area contributed by atoms with Crippen LogP contribution >= 0.6 is 0 Å². The monoisotopic (exact) mass is 232 g/mol. The number of hydrogen-bond donors (Lipinski definition) is 3. The zero-order valence-corrected chi connectivity index (χ0v) is 8.54. The molecule has 17 heavy (non-hydrogen) atoms. The fourth-order valence-electron chi connectivity index (χ4n) is 1.29. The van der Waals surface area contributed by atoms with Crippen LogP contribution in [0.2, 0.25) is 0 Å². The SMILES string of the molecule is NC(=O)c1cc(-c2ccc(O)nn2)c[nH]c1=O. The summed E-state index contributed by atoms with van der Waals surface area (Å²) in [5.41, 5.74) is 5.22. The molecule has 0 aliphatic carbocycles. The Morgan fingerprint density at radius 1 is 1.35 bits per heavy atom. The smallest absolute Gasteiger partial charge is 0.260 e. The third-order valence-electron chi connectivity index (χ3n) is 2.11. The summed E-state index contributed by atoms with van der Waals surface area (Å²) in [6.07, 6.45) is 1.38. The van der Waals surface area contributed by atoms with E-state index in [-0.39, 0.29) is 11.4 Å². The van der Waals surface area contributed by atoms with Crippen LogP contribution in [0.5, 0.6) is 5.88 Å². The molecule has 2 heterocycles. The Balaban J connectivity index is 2.53. The molecule has 0 spiro atoms. The number of pyridine rings is 1. The van der Waals surface area contributed by atoms with E-state index in [9.17, 15) is 9.59 Å². The second-order valence-electron chi connectivity index (χ2n) is 3.27. The van der Waals surface area contributed by atoms with Gasteiger partial charge in [-0.2, -0.15) is 0 Å². The number of nitrogens with zero attached hydrogens (tertiary/aromatic N) is 2. The molecule has 7 nitrogen and oxygen atoms in total. The van der Waals surface area contributed by atoms with Crippen LogP contribution in [0.1, 0.15) is 10.4 Å². The van der Waals surface area contributed by atoms with E-state index in [1.54, 1.807) is 0 Å². The molecule has 0 unspecified atom stereocenters. The van der Waals surface area contributed by atoms with Crippen LogP contribution < -0.4 is 11.3 Å². The third-order valence-corrected chi connectivity index (χ3v) is 2.11. The number of aromatic nitrogens is 3. The molecular weight excluding hydrogens is 224 g/mol. The molecule has 86 valence electrons. The third kappa shape index (κ3) is 2.12. The van der Waals surface area contributed by atoms with Crippen molar-refractivity contribution < 1.29 is 9.90 Å². The second-order valence-corrected chi connectivity index (χ2v) is 3.27. The number of nitrogens with one attached hydrogen (secondary N) is 1. The highest BCUT2D eigenvalue weighted by Gasteiger charge is 2.09. The summed E-state index contributed by atoms with van der Waals surface area (Å²) < 4.78 is 0. The lowest BCUT2D eigenvalue weighted by Gasteiger charge is -2.01. The molecule has 0 saturated heterocycles. The minimum atomic E-state index is -0.820. The molecule has 0 aromatic carbocycles.